The van der Waals surface area contributed by atoms with Gasteiger partial charge in [-0.2, -0.15) is 0 Å². The van der Waals surface area contributed by atoms with E-state index in [1.807, 2.05) is 30.0 Å². The molecule has 5 nitrogen and oxygen atoms in total. The highest BCUT2D eigenvalue weighted by molar-refractivity contribution is 9.10. The van der Waals surface area contributed by atoms with Gasteiger partial charge in [-0.1, -0.05) is 29.8 Å². The third-order valence-corrected chi connectivity index (χ3v) is 5.00. The Balaban J connectivity index is 1.77. The van der Waals surface area contributed by atoms with Crippen LogP contribution in [0.5, 0.6) is 0 Å². The number of rotatable bonds is 3. The van der Waals surface area contributed by atoms with Gasteiger partial charge >= 0.3 is 0 Å². The van der Waals surface area contributed by atoms with Gasteiger partial charge in [0, 0.05) is 29.5 Å². The molecular weight excluding hydrogens is 356 g/mol. The molecule has 2 heterocycles. The van der Waals surface area contributed by atoms with Gasteiger partial charge in [-0.15, -0.1) is 10.2 Å². The first-order valence-electron chi connectivity index (χ1n) is 7.92. The van der Waals surface area contributed by atoms with E-state index in [2.05, 4.69) is 44.5 Å². The van der Waals surface area contributed by atoms with Crippen molar-refractivity contribution in [1.82, 2.24) is 19.7 Å². The summed E-state index contributed by atoms with van der Waals surface area (Å²) >= 11 is 3.47. The van der Waals surface area contributed by atoms with Crippen LogP contribution in [0.1, 0.15) is 41.4 Å². The molecule has 0 saturated heterocycles. The van der Waals surface area contributed by atoms with Gasteiger partial charge in [-0.3, -0.25) is 4.79 Å². The lowest BCUT2D eigenvalue weighted by molar-refractivity contribution is 0.0706. The summed E-state index contributed by atoms with van der Waals surface area (Å²) in [6, 6.07) is 5.72. The second kappa shape index (κ2) is 6.43. The van der Waals surface area contributed by atoms with Crippen molar-refractivity contribution in [1.29, 1.82) is 0 Å². The molecule has 1 aromatic heterocycles. The molecule has 1 aromatic carbocycles. The number of amides is 1. The first kappa shape index (κ1) is 16.2. The molecule has 0 saturated carbocycles. The lowest BCUT2D eigenvalue weighted by atomic mass is 10.1. The predicted molar refractivity (Wildman–Crippen MR) is 92.2 cm³/mol. The van der Waals surface area contributed by atoms with Gasteiger partial charge in [0.2, 0.25) is 0 Å². The molecule has 6 heteroatoms. The average molecular weight is 377 g/mol. The Kier molecular flexibility index (Phi) is 4.53. The number of carbonyl (C=O) groups excluding carboxylic acids is 1. The SMILES string of the molecule is Cc1cc(C(=O)N2CCn3c(CC(C)C)nnc3C2)ccc1Br. The summed E-state index contributed by atoms with van der Waals surface area (Å²) in [6.07, 6.45) is 0.923. The standard InChI is InChI=1S/C17H21BrN4O/c1-11(2)8-15-19-20-16-10-21(6-7-22(15)16)17(23)13-4-5-14(18)12(3)9-13/h4-5,9,11H,6-8,10H2,1-3H3. The summed E-state index contributed by atoms with van der Waals surface area (Å²) in [4.78, 5) is 14.6. The third-order valence-electron chi connectivity index (χ3n) is 4.11. The Labute approximate surface area is 144 Å². The zero-order chi connectivity index (χ0) is 16.6. The van der Waals surface area contributed by atoms with Crippen molar-refractivity contribution >= 4 is 21.8 Å². The minimum Gasteiger partial charge on any atom is -0.329 e. The monoisotopic (exact) mass is 376 g/mol. The number of aromatic nitrogens is 3. The number of benzene rings is 1. The lowest BCUT2D eigenvalue weighted by Crippen LogP contribution is -2.38. The molecular formula is C17H21BrN4O. The van der Waals surface area contributed by atoms with E-state index in [9.17, 15) is 4.79 Å². The fourth-order valence-corrected chi connectivity index (χ4v) is 3.11. The molecule has 0 N–H and O–H groups in total. The molecule has 1 aliphatic heterocycles. The number of hydrogen-bond acceptors (Lipinski definition) is 3. The third kappa shape index (κ3) is 3.32. The van der Waals surface area contributed by atoms with Crippen LogP contribution in [-0.2, 0) is 19.5 Å². The van der Waals surface area contributed by atoms with E-state index in [1.54, 1.807) is 0 Å². The summed E-state index contributed by atoms with van der Waals surface area (Å²) in [6.45, 7) is 8.34. The molecule has 0 unspecified atom stereocenters. The fraction of sp³-hybridized carbons (Fsp3) is 0.471. The Morgan fingerprint density at radius 1 is 1.30 bits per heavy atom. The van der Waals surface area contributed by atoms with Gasteiger partial charge in [-0.05, 0) is 36.6 Å². The van der Waals surface area contributed by atoms with Gasteiger partial charge in [0.1, 0.15) is 5.82 Å². The lowest BCUT2D eigenvalue weighted by Gasteiger charge is -2.28. The first-order valence-corrected chi connectivity index (χ1v) is 8.71. The maximum absolute atomic E-state index is 12.7. The van der Waals surface area contributed by atoms with Crippen LogP contribution in [-0.4, -0.2) is 32.1 Å². The molecule has 0 atom stereocenters. The molecule has 1 aliphatic rings. The number of fused-ring (bicyclic) bond motifs is 1. The zero-order valence-electron chi connectivity index (χ0n) is 13.7. The summed E-state index contributed by atoms with van der Waals surface area (Å²) in [5.41, 5.74) is 1.79. The Hall–Kier alpha value is -1.69. The number of halogens is 1. The second-order valence-electron chi connectivity index (χ2n) is 6.47. The molecule has 0 aliphatic carbocycles. The van der Waals surface area contributed by atoms with E-state index in [1.165, 1.54) is 0 Å². The molecule has 0 spiro atoms. The van der Waals surface area contributed by atoms with Crippen LogP contribution in [0.3, 0.4) is 0 Å². The van der Waals surface area contributed by atoms with E-state index >= 15 is 0 Å². The quantitative estimate of drug-likeness (QED) is 0.826. The highest BCUT2D eigenvalue weighted by Crippen LogP contribution is 2.21. The van der Waals surface area contributed by atoms with Crippen molar-refractivity contribution in [2.45, 2.75) is 40.3 Å². The van der Waals surface area contributed by atoms with Crippen molar-refractivity contribution in [3.8, 4) is 0 Å². The van der Waals surface area contributed by atoms with Gasteiger partial charge in [0.25, 0.3) is 5.91 Å². The maximum atomic E-state index is 12.7. The number of carbonyl (C=O) groups is 1. The maximum Gasteiger partial charge on any atom is 0.254 e. The topological polar surface area (TPSA) is 51.0 Å². The summed E-state index contributed by atoms with van der Waals surface area (Å²) in [7, 11) is 0. The highest BCUT2D eigenvalue weighted by atomic mass is 79.9. The largest absolute Gasteiger partial charge is 0.329 e. The molecule has 0 radical (unpaired) electrons. The van der Waals surface area contributed by atoms with Crippen molar-refractivity contribution in [2.75, 3.05) is 6.54 Å². The second-order valence-corrected chi connectivity index (χ2v) is 7.33. The van der Waals surface area contributed by atoms with E-state index in [0.29, 0.717) is 19.0 Å². The Morgan fingerprint density at radius 2 is 2.09 bits per heavy atom. The van der Waals surface area contributed by atoms with Gasteiger partial charge in [-0.25, -0.2) is 0 Å². The molecule has 0 bridgehead atoms. The summed E-state index contributed by atoms with van der Waals surface area (Å²) in [5.74, 6) is 2.52. The van der Waals surface area contributed by atoms with E-state index < -0.39 is 0 Å². The first-order chi connectivity index (χ1) is 11.0. The van der Waals surface area contributed by atoms with E-state index in [-0.39, 0.29) is 5.91 Å². The van der Waals surface area contributed by atoms with Crippen LogP contribution < -0.4 is 0 Å². The van der Waals surface area contributed by atoms with Crippen LogP contribution in [0, 0.1) is 12.8 Å². The zero-order valence-corrected chi connectivity index (χ0v) is 15.3. The molecule has 0 fully saturated rings. The minimum absolute atomic E-state index is 0.0558. The van der Waals surface area contributed by atoms with E-state index in [0.717, 1.165) is 40.2 Å². The summed E-state index contributed by atoms with van der Waals surface area (Å²) < 4.78 is 3.18. The molecule has 3 rings (SSSR count). The van der Waals surface area contributed by atoms with E-state index in [4.69, 9.17) is 0 Å². The normalized spacial score (nSPS) is 14.2. The highest BCUT2D eigenvalue weighted by Gasteiger charge is 2.25. The fourth-order valence-electron chi connectivity index (χ4n) is 2.87. The average Bonchev–Trinajstić information content (AvgIpc) is 2.91. The van der Waals surface area contributed by atoms with Crippen molar-refractivity contribution in [3.05, 3.63) is 45.4 Å². The summed E-state index contributed by atoms with van der Waals surface area (Å²) in [5, 5.41) is 8.58. The van der Waals surface area contributed by atoms with Crippen LogP contribution in [0.25, 0.3) is 0 Å². The van der Waals surface area contributed by atoms with Gasteiger partial charge in [0.05, 0.1) is 6.54 Å². The van der Waals surface area contributed by atoms with Gasteiger partial charge in [0.15, 0.2) is 5.82 Å². The molecule has 1 amide bonds. The van der Waals surface area contributed by atoms with Gasteiger partial charge < -0.3 is 9.47 Å². The van der Waals surface area contributed by atoms with Crippen molar-refractivity contribution < 1.29 is 4.79 Å². The molecule has 2 aromatic rings. The van der Waals surface area contributed by atoms with Crippen LogP contribution in [0.15, 0.2) is 22.7 Å². The number of aryl methyl sites for hydroxylation is 1. The molecule has 23 heavy (non-hydrogen) atoms. The minimum atomic E-state index is 0.0558. The van der Waals surface area contributed by atoms with Crippen LogP contribution in [0.2, 0.25) is 0 Å². The van der Waals surface area contributed by atoms with Crippen molar-refractivity contribution in [2.24, 2.45) is 5.92 Å². The Bertz CT molecular complexity index is 738. The van der Waals surface area contributed by atoms with Crippen LogP contribution >= 0.6 is 15.9 Å². The van der Waals surface area contributed by atoms with Crippen LogP contribution in [0.4, 0.5) is 0 Å². The predicted octanol–water partition coefficient (Wildman–Crippen LogP) is 3.20. The Morgan fingerprint density at radius 3 is 2.78 bits per heavy atom. The smallest absolute Gasteiger partial charge is 0.254 e. The number of hydrogen-bond donors (Lipinski definition) is 0. The molecule has 122 valence electrons. The number of nitrogens with zero attached hydrogens (tertiary/aromatic N) is 4. The van der Waals surface area contributed by atoms with Crippen molar-refractivity contribution in [3.63, 3.8) is 0 Å².